The Balaban J connectivity index is 1.60. The van der Waals surface area contributed by atoms with Gasteiger partial charge in [0.2, 0.25) is 0 Å². The highest BCUT2D eigenvalue weighted by atomic mass is 16.5. The molecule has 5 nitrogen and oxygen atoms in total. The molecule has 2 aromatic rings. The third kappa shape index (κ3) is 3.77. The van der Waals surface area contributed by atoms with Crippen LogP contribution in [-0.2, 0) is 9.53 Å². The van der Waals surface area contributed by atoms with Gasteiger partial charge in [-0.15, -0.1) is 0 Å². The number of nitrogens with zero attached hydrogens (tertiary/aromatic N) is 2. The molecule has 112 valence electrons. The largest absolute Gasteiger partial charge is 0.368 e. The number of hydrogen-bond acceptors (Lipinski definition) is 4. The zero-order chi connectivity index (χ0) is 15.2. The van der Waals surface area contributed by atoms with E-state index in [2.05, 4.69) is 15.5 Å². The summed E-state index contributed by atoms with van der Waals surface area (Å²) < 4.78 is 5.35. The fraction of sp³-hybridized carbons (Fsp3) is 0.235. The van der Waals surface area contributed by atoms with Crippen LogP contribution < -0.4 is 5.32 Å². The van der Waals surface area contributed by atoms with Crippen molar-refractivity contribution in [3.05, 3.63) is 54.6 Å². The minimum absolute atomic E-state index is 0.0869. The van der Waals surface area contributed by atoms with Crippen molar-refractivity contribution in [1.82, 2.24) is 0 Å². The lowest BCUT2D eigenvalue weighted by Crippen LogP contribution is -2.26. The maximum atomic E-state index is 11.9. The number of ether oxygens (including phenoxy) is 1. The Bertz CT molecular complexity index is 647. The highest BCUT2D eigenvalue weighted by Gasteiger charge is 2.23. The van der Waals surface area contributed by atoms with Crippen LogP contribution in [0.1, 0.15) is 12.8 Å². The molecular weight excluding hydrogens is 278 g/mol. The van der Waals surface area contributed by atoms with Crippen LogP contribution in [0.5, 0.6) is 0 Å². The van der Waals surface area contributed by atoms with Crippen LogP contribution in [-0.4, -0.2) is 18.6 Å². The first-order valence-electron chi connectivity index (χ1n) is 7.30. The van der Waals surface area contributed by atoms with Crippen molar-refractivity contribution in [2.24, 2.45) is 10.2 Å². The van der Waals surface area contributed by atoms with Crippen molar-refractivity contribution in [1.29, 1.82) is 0 Å². The van der Waals surface area contributed by atoms with Gasteiger partial charge < -0.3 is 10.1 Å². The average molecular weight is 295 g/mol. The van der Waals surface area contributed by atoms with Gasteiger partial charge in [-0.2, -0.15) is 10.2 Å². The second-order valence-electron chi connectivity index (χ2n) is 5.07. The lowest BCUT2D eigenvalue weighted by Gasteiger charge is -2.10. The van der Waals surface area contributed by atoms with Gasteiger partial charge in [-0.3, -0.25) is 4.79 Å². The van der Waals surface area contributed by atoms with E-state index in [-0.39, 0.29) is 12.0 Å². The van der Waals surface area contributed by atoms with Crippen LogP contribution in [0.15, 0.2) is 64.8 Å². The van der Waals surface area contributed by atoms with Gasteiger partial charge in [0.15, 0.2) is 0 Å². The molecule has 0 aromatic heterocycles. The highest BCUT2D eigenvalue weighted by molar-refractivity contribution is 5.94. The maximum Gasteiger partial charge on any atom is 0.253 e. The van der Waals surface area contributed by atoms with E-state index in [0.717, 1.165) is 29.9 Å². The Kier molecular flexibility index (Phi) is 4.56. The predicted octanol–water partition coefficient (Wildman–Crippen LogP) is 4.22. The van der Waals surface area contributed by atoms with E-state index < -0.39 is 0 Å². The molecule has 1 atom stereocenters. The normalized spacial score (nSPS) is 17.7. The molecule has 3 rings (SSSR count). The number of anilines is 1. The molecule has 5 heteroatoms. The van der Waals surface area contributed by atoms with Gasteiger partial charge >= 0.3 is 0 Å². The number of hydrogen-bond donors (Lipinski definition) is 1. The fourth-order valence-corrected chi connectivity index (χ4v) is 2.23. The molecule has 1 amide bonds. The van der Waals surface area contributed by atoms with Crippen LogP contribution >= 0.6 is 0 Å². The summed E-state index contributed by atoms with van der Waals surface area (Å²) in [4.78, 5) is 11.9. The van der Waals surface area contributed by atoms with Gasteiger partial charge in [-0.05, 0) is 49.2 Å². The second kappa shape index (κ2) is 6.95. The number of benzene rings is 2. The van der Waals surface area contributed by atoms with Crippen molar-refractivity contribution >= 4 is 23.0 Å². The van der Waals surface area contributed by atoms with E-state index in [1.807, 2.05) is 54.6 Å². The first-order valence-corrected chi connectivity index (χ1v) is 7.30. The minimum atomic E-state index is -0.322. The maximum absolute atomic E-state index is 11.9. The summed E-state index contributed by atoms with van der Waals surface area (Å²) in [5.41, 5.74) is 2.27. The fourth-order valence-electron chi connectivity index (χ4n) is 2.23. The molecule has 2 aromatic carbocycles. The first-order chi connectivity index (χ1) is 10.8. The van der Waals surface area contributed by atoms with E-state index in [1.54, 1.807) is 0 Å². The van der Waals surface area contributed by atoms with Crippen molar-refractivity contribution in [2.45, 2.75) is 18.9 Å². The SMILES string of the molecule is O=C(Nc1ccc(N=Nc2ccccc2)cc1)C1CCCO1. The molecule has 22 heavy (non-hydrogen) atoms. The van der Waals surface area contributed by atoms with Crippen molar-refractivity contribution in [2.75, 3.05) is 11.9 Å². The molecule has 1 heterocycles. The number of amides is 1. The van der Waals surface area contributed by atoms with Crippen LogP contribution in [0.3, 0.4) is 0 Å². The Morgan fingerprint density at radius 2 is 1.68 bits per heavy atom. The van der Waals surface area contributed by atoms with Gasteiger partial charge in [0.1, 0.15) is 6.10 Å². The molecule has 1 aliphatic rings. The standard InChI is InChI=1S/C17H17N3O2/c21-17(16-7-4-12-22-16)18-13-8-10-15(11-9-13)20-19-14-5-2-1-3-6-14/h1-3,5-6,8-11,16H,4,7,12H2,(H,18,21). The van der Waals surface area contributed by atoms with E-state index in [4.69, 9.17) is 4.74 Å². The zero-order valence-corrected chi connectivity index (χ0v) is 12.1. The molecule has 0 spiro atoms. The number of carbonyl (C=O) groups excluding carboxylic acids is 1. The quantitative estimate of drug-likeness (QED) is 0.858. The van der Waals surface area contributed by atoms with E-state index in [1.165, 1.54) is 0 Å². The monoisotopic (exact) mass is 295 g/mol. The van der Waals surface area contributed by atoms with Crippen LogP contribution in [0.2, 0.25) is 0 Å². The molecule has 0 aliphatic carbocycles. The summed E-state index contributed by atoms with van der Waals surface area (Å²) in [6.45, 7) is 0.664. The van der Waals surface area contributed by atoms with Crippen LogP contribution in [0.25, 0.3) is 0 Å². The number of rotatable bonds is 4. The molecule has 0 radical (unpaired) electrons. The first kappa shape index (κ1) is 14.4. The molecule has 1 N–H and O–H groups in total. The summed E-state index contributed by atoms with van der Waals surface area (Å²) in [7, 11) is 0. The third-order valence-corrected chi connectivity index (χ3v) is 3.39. The van der Waals surface area contributed by atoms with Gasteiger partial charge in [0, 0.05) is 12.3 Å². The van der Waals surface area contributed by atoms with Crippen LogP contribution in [0, 0.1) is 0 Å². The van der Waals surface area contributed by atoms with Crippen molar-refractivity contribution < 1.29 is 9.53 Å². The molecule has 0 bridgehead atoms. The van der Waals surface area contributed by atoms with Crippen molar-refractivity contribution in [3.8, 4) is 0 Å². The Labute approximate surface area is 129 Å². The molecule has 1 aliphatic heterocycles. The highest BCUT2D eigenvalue weighted by Crippen LogP contribution is 2.21. The number of carbonyl (C=O) groups is 1. The summed E-state index contributed by atoms with van der Waals surface area (Å²) in [5, 5.41) is 11.2. The number of nitrogens with one attached hydrogen (secondary N) is 1. The van der Waals surface area contributed by atoms with Gasteiger partial charge in [-0.25, -0.2) is 0 Å². The lowest BCUT2D eigenvalue weighted by atomic mass is 10.2. The zero-order valence-electron chi connectivity index (χ0n) is 12.1. The summed E-state index contributed by atoms with van der Waals surface area (Å²) in [6.07, 6.45) is 1.41. The van der Waals surface area contributed by atoms with Gasteiger partial charge in [0.25, 0.3) is 5.91 Å². The molecule has 1 unspecified atom stereocenters. The summed E-state index contributed by atoms with van der Waals surface area (Å²) in [5.74, 6) is -0.0869. The lowest BCUT2D eigenvalue weighted by molar-refractivity contribution is -0.124. The average Bonchev–Trinajstić information content (AvgIpc) is 3.10. The van der Waals surface area contributed by atoms with E-state index >= 15 is 0 Å². The summed E-state index contributed by atoms with van der Waals surface area (Å²) in [6, 6.07) is 16.8. The van der Waals surface area contributed by atoms with Gasteiger partial charge in [-0.1, -0.05) is 18.2 Å². The van der Waals surface area contributed by atoms with Crippen molar-refractivity contribution in [3.63, 3.8) is 0 Å². The Morgan fingerprint density at radius 3 is 2.32 bits per heavy atom. The minimum Gasteiger partial charge on any atom is -0.368 e. The van der Waals surface area contributed by atoms with Gasteiger partial charge in [0.05, 0.1) is 11.4 Å². The topological polar surface area (TPSA) is 63.0 Å². The van der Waals surface area contributed by atoms with Crippen LogP contribution in [0.4, 0.5) is 17.1 Å². The molecular formula is C17H17N3O2. The second-order valence-corrected chi connectivity index (χ2v) is 5.07. The Morgan fingerprint density at radius 1 is 1.00 bits per heavy atom. The van der Waals surface area contributed by atoms with E-state index in [0.29, 0.717) is 6.61 Å². The smallest absolute Gasteiger partial charge is 0.253 e. The third-order valence-electron chi connectivity index (χ3n) is 3.39. The molecule has 1 fully saturated rings. The predicted molar refractivity (Wildman–Crippen MR) is 84.7 cm³/mol. The molecule has 1 saturated heterocycles. The Hall–Kier alpha value is -2.53. The molecule has 0 saturated carbocycles. The number of azo groups is 1. The summed E-state index contributed by atoms with van der Waals surface area (Å²) >= 11 is 0. The van der Waals surface area contributed by atoms with E-state index in [9.17, 15) is 4.79 Å².